The molecule has 1 aliphatic rings. The van der Waals surface area contributed by atoms with Crippen LogP contribution >= 0.6 is 0 Å². The molecule has 5 aromatic heterocycles. The molecule has 0 radical (unpaired) electrons. The summed E-state index contributed by atoms with van der Waals surface area (Å²) >= 11 is 0. The molecule has 0 atom stereocenters. The molecule has 17 heteroatoms. The Morgan fingerprint density at radius 1 is 0.833 bits per heavy atom. The molecular weight excluding hydrogens is 702 g/mol. The van der Waals surface area contributed by atoms with Crippen LogP contribution in [0, 0.1) is 11.9 Å². The molecule has 1 fully saturated rings. The van der Waals surface area contributed by atoms with Gasteiger partial charge in [-0.3, -0.25) is 0 Å². The lowest BCUT2D eigenvalue weighted by Gasteiger charge is -2.32. The highest BCUT2D eigenvalue weighted by molar-refractivity contribution is 6.59. The number of carbonyl (C=O) groups excluding carboxylic acids is 2. The first-order valence-electron chi connectivity index (χ1n) is 17.4. The minimum absolute atomic E-state index is 0.0139. The van der Waals surface area contributed by atoms with Gasteiger partial charge in [0, 0.05) is 30.5 Å². The first-order valence-corrected chi connectivity index (χ1v) is 17.4. The molecule has 0 amide bonds. The summed E-state index contributed by atoms with van der Waals surface area (Å²) in [6, 6.07) is 9.90. The molecule has 0 spiro atoms. The zero-order valence-corrected chi connectivity index (χ0v) is 31.7. The average molecular weight is 749 g/mol. The van der Waals surface area contributed by atoms with Gasteiger partial charge < -0.3 is 39.0 Å². The van der Waals surface area contributed by atoms with Crippen LogP contribution in [0.4, 0.5) is 19.8 Å². The van der Waals surface area contributed by atoms with E-state index < -0.39 is 36.5 Å². The van der Waals surface area contributed by atoms with Crippen LogP contribution in [0.5, 0.6) is 11.5 Å². The molecule has 54 heavy (non-hydrogen) atoms. The van der Waals surface area contributed by atoms with Gasteiger partial charge in [0.1, 0.15) is 39.8 Å². The second kappa shape index (κ2) is 16.0. The van der Waals surface area contributed by atoms with E-state index in [9.17, 15) is 24.7 Å². The summed E-state index contributed by atoms with van der Waals surface area (Å²) in [7, 11) is 1.20. The Morgan fingerprint density at radius 3 is 1.83 bits per heavy atom. The Labute approximate surface area is 312 Å². The van der Waals surface area contributed by atoms with Gasteiger partial charge in [-0.1, -0.05) is 0 Å². The first kappa shape index (κ1) is 39.9. The Hall–Kier alpha value is -5.26. The molecule has 0 aromatic carbocycles. The van der Waals surface area contributed by atoms with E-state index in [-0.39, 0.29) is 29.3 Å². The largest absolute Gasteiger partial charge is 0.506 e. The lowest BCUT2D eigenvalue weighted by Crippen LogP contribution is -2.41. The molecule has 0 unspecified atom stereocenters. The molecule has 1 aliphatic heterocycles. The highest BCUT2D eigenvalue weighted by Gasteiger charge is 2.29. The van der Waals surface area contributed by atoms with Crippen molar-refractivity contribution in [2.75, 3.05) is 38.8 Å². The van der Waals surface area contributed by atoms with Crippen LogP contribution in [-0.2, 0) is 9.47 Å². The topological polar surface area (TPSA) is 184 Å². The van der Waals surface area contributed by atoms with Crippen LogP contribution in [0.1, 0.15) is 54.4 Å². The Morgan fingerprint density at radius 2 is 1.35 bits per heavy atom. The molecule has 15 nitrogen and oxygen atoms in total. The normalized spacial score (nSPS) is 13.7. The van der Waals surface area contributed by atoms with Gasteiger partial charge in [-0.15, -0.1) is 0 Å². The van der Waals surface area contributed by atoms with Gasteiger partial charge in [-0.05, 0) is 96.7 Å². The van der Waals surface area contributed by atoms with E-state index in [0.717, 1.165) is 17.4 Å². The highest BCUT2D eigenvalue weighted by atomic mass is 19.1. The molecule has 0 bridgehead atoms. The summed E-state index contributed by atoms with van der Waals surface area (Å²) in [5, 5.41) is 29.4. The summed E-state index contributed by atoms with van der Waals surface area (Å²) in [5.41, 5.74) is -0.374. The van der Waals surface area contributed by atoms with Crippen molar-refractivity contribution in [1.82, 2.24) is 24.1 Å². The van der Waals surface area contributed by atoms with Gasteiger partial charge in [0.25, 0.3) is 0 Å². The molecule has 3 N–H and O–H groups in total. The number of hydrogen-bond acceptors (Lipinski definition) is 13. The SMILES string of the molecule is COc1cnc2c(c1)cc(-c1ccc(N3CCC(CO)CC3)nc1F)n2C(=O)OC(C)(C)C.COc1cnc2c(c1)cc(B(O)O)n2C(=O)OC(C)(C)C. The van der Waals surface area contributed by atoms with Crippen molar-refractivity contribution in [1.29, 1.82) is 0 Å². The van der Waals surface area contributed by atoms with Crippen molar-refractivity contribution >= 4 is 52.8 Å². The average Bonchev–Trinajstić information content (AvgIpc) is 3.69. The van der Waals surface area contributed by atoms with Crippen molar-refractivity contribution in [3.63, 3.8) is 0 Å². The Bertz CT molecular complexity index is 2130. The maximum Gasteiger partial charge on any atom is 0.506 e. The predicted molar refractivity (Wildman–Crippen MR) is 201 cm³/mol. The van der Waals surface area contributed by atoms with E-state index in [2.05, 4.69) is 15.0 Å². The van der Waals surface area contributed by atoms with Gasteiger partial charge in [0.05, 0.1) is 43.5 Å². The number of aliphatic hydroxyl groups is 1. The number of piperidine rings is 1. The monoisotopic (exact) mass is 748 g/mol. The smallest absolute Gasteiger partial charge is 0.495 e. The molecule has 288 valence electrons. The summed E-state index contributed by atoms with van der Waals surface area (Å²) in [6.45, 7) is 12.1. The van der Waals surface area contributed by atoms with E-state index in [1.807, 2.05) is 4.90 Å². The van der Waals surface area contributed by atoms with Crippen molar-refractivity contribution in [3.8, 4) is 22.8 Å². The molecule has 6 heterocycles. The number of nitrogens with zero attached hydrogens (tertiary/aromatic N) is 6. The van der Waals surface area contributed by atoms with Gasteiger partial charge >= 0.3 is 19.3 Å². The van der Waals surface area contributed by atoms with Crippen LogP contribution < -0.4 is 20.0 Å². The maximum absolute atomic E-state index is 15.3. The number of rotatable bonds is 6. The summed E-state index contributed by atoms with van der Waals surface area (Å²) in [4.78, 5) is 40.0. The zero-order chi connectivity index (χ0) is 39.5. The van der Waals surface area contributed by atoms with Gasteiger partial charge in [-0.25, -0.2) is 33.7 Å². The number of hydrogen-bond donors (Lipinski definition) is 3. The number of ether oxygens (including phenoxy) is 4. The van der Waals surface area contributed by atoms with Gasteiger partial charge in [-0.2, -0.15) is 4.39 Å². The number of carbonyl (C=O) groups is 2. The van der Waals surface area contributed by atoms with Crippen molar-refractivity contribution in [3.05, 3.63) is 54.7 Å². The predicted octanol–water partition coefficient (Wildman–Crippen LogP) is 4.75. The van der Waals surface area contributed by atoms with E-state index in [1.54, 1.807) is 71.9 Å². The van der Waals surface area contributed by atoms with E-state index >= 15 is 4.39 Å². The van der Waals surface area contributed by atoms with E-state index in [1.165, 1.54) is 37.2 Å². The molecule has 5 aromatic rings. The number of aromatic nitrogens is 5. The number of pyridine rings is 3. The Balaban J connectivity index is 0.000000230. The third kappa shape index (κ3) is 9.09. The number of aliphatic hydroxyl groups excluding tert-OH is 1. The number of fused-ring (bicyclic) bond motifs is 2. The van der Waals surface area contributed by atoms with Crippen LogP contribution in [-0.4, -0.2) is 104 Å². The fraction of sp³-hybridized carbons (Fsp3) is 0.432. The van der Waals surface area contributed by atoms with Gasteiger partial charge in [0.15, 0.2) is 0 Å². The lowest BCUT2D eigenvalue weighted by atomic mass is 9.86. The minimum Gasteiger partial charge on any atom is -0.495 e. The second-order valence-corrected chi connectivity index (χ2v) is 14.8. The summed E-state index contributed by atoms with van der Waals surface area (Å²) in [6.07, 6.45) is 3.24. The Kier molecular flexibility index (Phi) is 11.8. The number of anilines is 1. The number of methoxy groups -OCH3 is 2. The zero-order valence-electron chi connectivity index (χ0n) is 31.7. The lowest BCUT2D eigenvalue weighted by molar-refractivity contribution is 0.0535. The van der Waals surface area contributed by atoms with Crippen molar-refractivity contribution in [2.45, 2.75) is 65.6 Å². The fourth-order valence-corrected chi connectivity index (χ4v) is 5.91. The third-order valence-corrected chi connectivity index (χ3v) is 8.45. The quantitative estimate of drug-likeness (QED) is 0.160. The molecular formula is C37H46BFN6O9. The van der Waals surface area contributed by atoms with Crippen molar-refractivity contribution in [2.24, 2.45) is 5.92 Å². The summed E-state index contributed by atoms with van der Waals surface area (Å²) < 4.78 is 38.8. The highest BCUT2D eigenvalue weighted by Crippen LogP contribution is 2.33. The van der Waals surface area contributed by atoms with Crippen molar-refractivity contribution < 1.29 is 48.1 Å². The molecule has 0 saturated carbocycles. The molecule has 1 saturated heterocycles. The first-order chi connectivity index (χ1) is 25.4. The van der Waals surface area contributed by atoms with E-state index in [4.69, 9.17) is 18.9 Å². The number of halogens is 1. The van der Waals surface area contributed by atoms with Gasteiger partial charge in [0.2, 0.25) is 5.95 Å². The summed E-state index contributed by atoms with van der Waals surface area (Å²) in [5.74, 6) is 1.15. The van der Waals surface area contributed by atoms with Crippen LogP contribution in [0.2, 0.25) is 0 Å². The van der Waals surface area contributed by atoms with Crippen LogP contribution in [0.25, 0.3) is 33.3 Å². The third-order valence-electron chi connectivity index (χ3n) is 8.45. The maximum atomic E-state index is 15.3. The van der Waals surface area contributed by atoms with Crippen LogP contribution in [0.3, 0.4) is 0 Å². The molecule has 0 aliphatic carbocycles. The molecule has 6 rings (SSSR count). The second-order valence-electron chi connectivity index (χ2n) is 14.8. The van der Waals surface area contributed by atoms with E-state index in [0.29, 0.717) is 52.5 Å². The minimum atomic E-state index is -1.82. The fourth-order valence-electron chi connectivity index (χ4n) is 5.91. The standard InChI is InChI=1S/C24H29FN4O4.C13H17BN2O5/c1-24(2,3)33-23(31)29-19(12-16-11-17(32-4)13-26-22(16)29)18-5-6-20(27-21(18)25)28-9-7-15(14-30)8-10-28;1-13(2,3)21-12(17)16-10(14(18)19)6-8-5-9(20-4)7-15-11(8)16/h5-6,11-13,15,30H,7-10,14H2,1-4H3;5-7,18-19H,1-4H3. The van der Waals surface area contributed by atoms with Crippen LogP contribution in [0.15, 0.2) is 48.8 Å².